The summed E-state index contributed by atoms with van der Waals surface area (Å²) in [6, 6.07) is 7.38. The first-order chi connectivity index (χ1) is 9.79. The van der Waals surface area contributed by atoms with Crippen molar-refractivity contribution < 1.29 is 13.2 Å². The smallest absolute Gasteiger partial charge is 0.303 e. The first-order valence-corrected chi connectivity index (χ1v) is 8.12. The third-order valence-electron chi connectivity index (χ3n) is 3.28. The third-order valence-corrected chi connectivity index (χ3v) is 5.33. The summed E-state index contributed by atoms with van der Waals surface area (Å²) < 4.78 is 38.7. The highest BCUT2D eigenvalue weighted by atomic mass is 79.9. The van der Waals surface area contributed by atoms with E-state index in [2.05, 4.69) is 21.2 Å². The van der Waals surface area contributed by atoms with Crippen molar-refractivity contribution in [3.63, 3.8) is 0 Å². The zero-order valence-corrected chi connectivity index (χ0v) is 13.9. The van der Waals surface area contributed by atoms with Gasteiger partial charge in [0.1, 0.15) is 0 Å². The maximum absolute atomic E-state index is 12.5. The maximum Gasteiger partial charge on any atom is 0.416 e. The molecule has 0 aliphatic carbocycles. The number of rotatable bonds is 4. The Morgan fingerprint density at radius 2 is 1.67 bits per heavy atom. The SMILES string of the molecule is CC(NC(C)c1sccc1Br)c1ccc(C(F)(F)F)cc1. The number of nitrogens with one attached hydrogen (secondary N) is 1. The molecule has 1 nitrogen and oxygen atoms in total. The molecule has 21 heavy (non-hydrogen) atoms. The molecular weight excluding hydrogens is 363 g/mol. The van der Waals surface area contributed by atoms with Crippen LogP contribution in [0.5, 0.6) is 0 Å². The third kappa shape index (κ3) is 4.08. The molecule has 0 aliphatic rings. The second kappa shape index (κ2) is 6.50. The number of hydrogen-bond donors (Lipinski definition) is 1. The van der Waals surface area contributed by atoms with Gasteiger partial charge in [0.25, 0.3) is 0 Å². The molecule has 0 bridgehead atoms. The fraction of sp³-hybridized carbons (Fsp3) is 0.333. The average molecular weight is 378 g/mol. The monoisotopic (exact) mass is 377 g/mol. The van der Waals surface area contributed by atoms with Gasteiger partial charge >= 0.3 is 6.18 Å². The molecule has 1 N–H and O–H groups in total. The average Bonchev–Trinajstić information content (AvgIpc) is 2.84. The van der Waals surface area contributed by atoms with E-state index in [1.807, 2.05) is 25.3 Å². The van der Waals surface area contributed by atoms with E-state index >= 15 is 0 Å². The Morgan fingerprint density at radius 3 is 2.14 bits per heavy atom. The first kappa shape index (κ1) is 16.5. The summed E-state index contributed by atoms with van der Waals surface area (Å²) >= 11 is 5.13. The summed E-state index contributed by atoms with van der Waals surface area (Å²) in [5, 5.41) is 5.40. The van der Waals surface area contributed by atoms with E-state index in [1.165, 1.54) is 17.0 Å². The van der Waals surface area contributed by atoms with Gasteiger partial charge in [-0.25, -0.2) is 0 Å². The fourth-order valence-corrected chi connectivity index (χ4v) is 3.86. The standard InChI is InChI=1S/C15H15BrF3NS/c1-9(20-10(2)14-13(16)7-8-21-14)11-3-5-12(6-4-11)15(17,18)19/h3-10,20H,1-2H3. The molecule has 2 rings (SSSR count). The Balaban J connectivity index is 2.07. The van der Waals surface area contributed by atoms with Crippen LogP contribution in [0.1, 0.15) is 41.9 Å². The lowest BCUT2D eigenvalue weighted by atomic mass is 10.0. The molecule has 0 aliphatic heterocycles. The van der Waals surface area contributed by atoms with E-state index in [0.717, 1.165) is 22.2 Å². The molecule has 1 aromatic heterocycles. The van der Waals surface area contributed by atoms with Crippen LogP contribution in [-0.4, -0.2) is 0 Å². The summed E-state index contributed by atoms with van der Waals surface area (Å²) in [7, 11) is 0. The zero-order valence-electron chi connectivity index (χ0n) is 11.5. The predicted octanol–water partition coefficient (Wildman–Crippen LogP) is 5.94. The highest BCUT2D eigenvalue weighted by Crippen LogP contribution is 2.32. The lowest BCUT2D eigenvalue weighted by Gasteiger charge is -2.20. The van der Waals surface area contributed by atoms with Crippen molar-refractivity contribution in [2.24, 2.45) is 0 Å². The highest BCUT2D eigenvalue weighted by Gasteiger charge is 2.30. The Labute approximate surface area is 134 Å². The summed E-state index contributed by atoms with van der Waals surface area (Å²) in [4.78, 5) is 1.17. The van der Waals surface area contributed by atoms with Crippen LogP contribution in [0.25, 0.3) is 0 Å². The van der Waals surface area contributed by atoms with Crippen molar-refractivity contribution in [3.05, 3.63) is 56.2 Å². The van der Waals surface area contributed by atoms with E-state index in [9.17, 15) is 13.2 Å². The van der Waals surface area contributed by atoms with E-state index in [1.54, 1.807) is 11.3 Å². The van der Waals surface area contributed by atoms with Gasteiger partial charge in [-0.05, 0) is 58.9 Å². The van der Waals surface area contributed by atoms with Crippen LogP contribution in [0.2, 0.25) is 0 Å². The maximum atomic E-state index is 12.5. The molecule has 0 saturated heterocycles. The normalized spacial score (nSPS) is 15.0. The molecule has 1 heterocycles. The van der Waals surface area contributed by atoms with Gasteiger partial charge in [-0.15, -0.1) is 11.3 Å². The molecule has 2 unspecified atom stereocenters. The number of halogens is 4. The zero-order chi connectivity index (χ0) is 15.6. The Morgan fingerprint density at radius 1 is 1.05 bits per heavy atom. The predicted molar refractivity (Wildman–Crippen MR) is 83.4 cm³/mol. The number of alkyl halides is 3. The van der Waals surface area contributed by atoms with Gasteiger partial charge < -0.3 is 5.32 Å². The van der Waals surface area contributed by atoms with Crippen LogP contribution in [0.4, 0.5) is 13.2 Å². The minimum absolute atomic E-state index is 0.0312. The van der Waals surface area contributed by atoms with Crippen LogP contribution >= 0.6 is 27.3 Å². The summed E-state index contributed by atoms with van der Waals surface area (Å²) in [5.74, 6) is 0. The van der Waals surface area contributed by atoms with Crippen LogP contribution in [0.15, 0.2) is 40.2 Å². The van der Waals surface area contributed by atoms with Gasteiger partial charge in [0.2, 0.25) is 0 Å². The molecule has 0 amide bonds. The minimum atomic E-state index is -4.29. The molecule has 2 aromatic rings. The molecule has 0 radical (unpaired) electrons. The number of thiophene rings is 1. The van der Waals surface area contributed by atoms with Gasteiger partial charge in [0.15, 0.2) is 0 Å². The largest absolute Gasteiger partial charge is 0.416 e. The van der Waals surface area contributed by atoms with Crippen molar-refractivity contribution in [3.8, 4) is 0 Å². The lowest BCUT2D eigenvalue weighted by molar-refractivity contribution is -0.137. The van der Waals surface area contributed by atoms with Gasteiger partial charge in [-0.1, -0.05) is 12.1 Å². The van der Waals surface area contributed by atoms with Crippen LogP contribution < -0.4 is 5.32 Å². The summed E-state index contributed by atoms with van der Waals surface area (Å²) in [6.07, 6.45) is -4.29. The van der Waals surface area contributed by atoms with Crippen molar-refractivity contribution in [1.82, 2.24) is 5.32 Å². The Kier molecular flexibility index (Phi) is 5.11. The van der Waals surface area contributed by atoms with Gasteiger partial charge in [0.05, 0.1) is 5.56 Å². The van der Waals surface area contributed by atoms with Crippen molar-refractivity contribution in [2.75, 3.05) is 0 Å². The molecule has 0 saturated carbocycles. The van der Waals surface area contributed by atoms with Crippen LogP contribution in [0.3, 0.4) is 0 Å². The molecule has 0 spiro atoms. The second-order valence-corrected chi connectivity index (χ2v) is 6.66. The van der Waals surface area contributed by atoms with Gasteiger partial charge in [-0.3, -0.25) is 0 Å². The molecule has 2 atom stereocenters. The van der Waals surface area contributed by atoms with Gasteiger partial charge in [-0.2, -0.15) is 13.2 Å². The number of benzene rings is 1. The van der Waals surface area contributed by atoms with E-state index in [0.29, 0.717) is 0 Å². The van der Waals surface area contributed by atoms with E-state index < -0.39 is 11.7 Å². The quantitative estimate of drug-likeness (QED) is 0.694. The Hall–Kier alpha value is -0.850. The molecule has 1 aromatic carbocycles. The lowest BCUT2D eigenvalue weighted by Crippen LogP contribution is -2.22. The molecule has 114 valence electrons. The van der Waals surface area contributed by atoms with Crippen LogP contribution in [-0.2, 0) is 6.18 Å². The van der Waals surface area contributed by atoms with Crippen LogP contribution in [0, 0.1) is 0 Å². The van der Waals surface area contributed by atoms with Crippen molar-refractivity contribution in [2.45, 2.75) is 32.1 Å². The van der Waals surface area contributed by atoms with Gasteiger partial charge in [0, 0.05) is 21.4 Å². The number of hydrogen-bond acceptors (Lipinski definition) is 2. The van der Waals surface area contributed by atoms with Crippen molar-refractivity contribution in [1.29, 1.82) is 0 Å². The molecular formula is C15H15BrF3NS. The highest BCUT2D eigenvalue weighted by molar-refractivity contribution is 9.10. The fourth-order valence-electron chi connectivity index (χ4n) is 2.12. The topological polar surface area (TPSA) is 12.0 Å². The van der Waals surface area contributed by atoms with Crippen molar-refractivity contribution >= 4 is 27.3 Å². The molecule has 6 heteroatoms. The molecule has 0 fully saturated rings. The van der Waals surface area contributed by atoms with E-state index in [4.69, 9.17) is 0 Å². The summed E-state index contributed by atoms with van der Waals surface area (Å²) in [6.45, 7) is 3.98. The first-order valence-electron chi connectivity index (χ1n) is 6.45. The minimum Gasteiger partial charge on any atom is -0.303 e. The summed E-state index contributed by atoms with van der Waals surface area (Å²) in [5.41, 5.74) is 0.218. The van der Waals surface area contributed by atoms with E-state index in [-0.39, 0.29) is 12.1 Å². The second-order valence-electron chi connectivity index (χ2n) is 4.86. The Bertz CT molecular complexity index is 592.